The molecule has 0 unspecified atom stereocenters. The van der Waals surface area contributed by atoms with Gasteiger partial charge in [-0.2, -0.15) is 0 Å². The smallest absolute Gasteiger partial charge is 0.320 e. The Morgan fingerprint density at radius 1 is 1.31 bits per heavy atom. The summed E-state index contributed by atoms with van der Waals surface area (Å²) in [5.41, 5.74) is 5.29. The van der Waals surface area contributed by atoms with E-state index in [0.717, 1.165) is 19.3 Å². The summed E-state index contributed by atoms with van der Waals surface area (Å²) in [7, 11) is 0. The molecule has 3 N–H and O–H groups in total. The van der Waals surface area contributed by atoms with Gasteiger partial charge in [0.15, 0.2) is 0 Å². The first-order valence-electron chi connectivity index (χ1n) is 5.72. The number of carbonyl (C=O) groups is 2. The Hall–Kier alpha value is -1.10. The Morgan fingerprint density at radius 3 is 2.56 bits per heavy atom. The lowest BCUT2D eigenvalue weighted by atomic mass is 10.2. The zero-order valence-corrected chi connectivity index (χ0v) is 9.78. The predicted molar refractivity (Wildman–Crippen MR) is 59.9 cm³/mol. The van der Waals surface area contributed by atoms with Gasteiger partial charge in [-0.3, -0.25) is 9.59 Å². The number of carboxylic acid groups (broad SMARTS) is 1. The van der Waals surface area contributed by atoms with Crippen LogP contribution in [0.3, 0.4) is 0 Å². The average Bonchev–Trinajstić information content (AvgIpc) is 2.24. The van der Waals surface area contributed by atoms with E-state index in [1.54, 1.807) is 0 Å². The molecule has 0 amide bonds. The summed E-state index contributed by atoms with van der Waals surface area (Å²) in [5, 5.41) is 8.50. The van der Waals surface area contributed by atoms with Crippen LogP contribution in [-0.4, -0.2) is 29.7 Å². The van der Waals surface area contributed by atoms with Crippen LogP contribution in [0.5, 0.6) is 0 Å². The molecular formula is C11H21NO4. The van der Waals surface area contributed by atoms with Crippen LogP contribution in [-0.2, 0) is 14.3 Å². The topological polar surface area (TPSA) is 89.6 Å². The van der Waals surface area contributed by atoms with Crippen LogP contribution in [0.15, 0.2) is 0 Å². The van der Waals surface area contributed by atoms with Crippen LogP contribution in [0.25, 0.3) is 0 Å². The number of aliphatic carboxylic acids is 1. The molecule has 0 heterocycles. The fourth-order valence-corrected chi connectivity index (χ4v) is 1.20. The molecule has 0 aliphatic rings. The van der Waals surface area contributed by atoms with E-state index < -0.39 is 12.0 Å². The standard InChI is InChI=1S/C11H21NO4/c1-2-3-4-7-10(13)16-8-5-6-9(12)11(14)15/h9H,2-8,12H2,1H3,(H,14,15)/t9-/m0/s1. The van der Waals surface area contributed by atoms with Crippen molar-refractivity contribution in [3.05, 3.63) is 0 Å². The Morgan fingerprint density at radius 2 is 2.00 bits per heavy atom. The quantitative estimate of drug-likeness (QED) is 0.461. The third-order valence-electron chi connectivity index (χ3n) is 2.22. The molecule has 0 aromatic carbocycles. The second-order valence-electron chi connectivity index (χ2n) is 3.76. The van der Waals surface area contributed by atoms with Gasteiger partial charge in [0, 0.05) is 6.42 Å². The van der Waals surface area contributed by atoms with Gasteiger partial charge in [0.1, 0.15) is 6.04 Å². The third kappa shape index (κ3) is 8.23. The first-order valence-corrected chi connectivity index (χ1v) is 5.72. The number of ether oxygens (including phenoxy) is 1. The van der Waals surface area contributed by atoms with E-state index in [4.69, 9.17) is 15.6 Å². The number of carbonyl (C=O) groups excluding carboxylic acids is 1. The van der Waals surface area contributed by atoms with E-state index in [2.05, 4.69) is 6.92 Å². The maximum atomic E-state index is 11.1. The van der Waals surface area contributed by atoms with Crippen molar-refractivity contribution in [2.75, 3.05) is 6.61 Å². The maximum absolute atomic E-state index is 11.1. The highest BCUT2D eigenvalue weighted by Gasteiger charge is 2.10. The van der Waals surface area contributed by atoms with Crippen LogP contribution in [0.4, 0.5) is 0 Å². The van der Waals surface area contributed by atoms with Crippen LogP contribution in [0.1, 0.15) is 45.4 Å². The fraction of sp³-hybridized carbons (Fsp3) is 0.818. The van der Waals surface area contributed by atoms with Gasteiger partial charge in [-0.1, -0.05) is 19.8 Å². The van der Waals surface area contributed by atoms with Gasteiger partial charge in [0.25, 0.3) is 0 Å². The molecule has 0 bridgehead atoms. The molecule has 0 aliphatic heterocycles. The van der Waals surface area contributed by atoms with Gasteiger partial charge in [0.05, 0.1) is 6.61 Å². The molecule has 1 atom stereocenters. The molecule has 0 rings (SSSR count). The zero-order valence-electron chi connectivity index (χ0n) is 9.78. The number of rotatable bonds is 9. The van der Waals surface area contributed by atoms with Gasteiger partial charge < -0.3 is 15.6 Å². The SMILES string of the molecule is CCCCCC(=O)OCCC[C@H](N)C(=O)O. The number of carboxylic acids is 1. The van der Waals surface area contributed by atoms with Crippen molar-refractivity contribution >= 4 is 11.9 Å². The molecule has 0 saturated carbocycles. The van der Waals surface area contributed by atoms with Gasteiger partial charge in [-0.05, 0) is 19.3 Å². The van der Waals surface area contributed by atoms with Crippen molar-refractivity contribution in [2.45, 2.75) is 51.5 Å². The number of nitrogens with two attached hydrogens (primary N) is 1. The van der Waals surface area contributed by atoms with Crippen molar-refractivity contribution in [1.29, 1.82) is 0 Å². The molecule has 0 fully saturated rings. The minimum Gasteiger partial charge on any atom is -0.480 e. The molecule has 0 saturated heterocycles. The normalized spacial score (nSPS) is 12.1. The molecule has 0 spiro atoms. The number of hydrogen-bond acceptors (Lipinski definition) is 4. The molecule has 94 valence electrons. The predicted octanol–water partition coefficient (Wildman–Crippen LogP) is 1.30. The lowest BCUT2D eigenvalue weighted by Crippen LogP contribution is -2.30. The van der Waals surface area contributed by atoms with E-state index in [1.807, 2.05) is 0 Å². The van der Waals surface area contributed by atoms with E-state index in [9.17, 15) is 9.59 Å². The highest BCUT2D eigenvalue weighted by molar-refractivity contribution is 5.73. The molecular weight excluding hydrogens is 210 g/mol. The second kappa shape index (κ2) is 9.15. The summed E-state index contributed by atoms with van der Waals surface area (Å²) in [5.74, 6) is -1.23. The summed E-state index contributed by atoms with van der Waals surface area (Å²) in [6, 6.07) is -0.862. The molecule has 5 nitrogen and oxygen atoms in total. The summed E-state index contributed by atoms with van der Waals surface area (Å²) in [6.07, 6.45) is 4.22. The summed E-state index contributed by atoms with van der Waals surface area (Å²) in [4.78, 5) is 21.5. The van der Waals surface area contributed by atoms with Crippen LogP contribution >= 0.6 is 0 Å². The minimum atomic E-state index is -1.02. The van der Waals surface area contributed by atoms with Crippen molar-refractivity contribution in [1.82, 2.24) is 0 Å². The highest BCUT2D eigenvalue weighted by Crippen LogP contribution is 2.02. The Labute approximate surface area is 96.0 Å². The molecule has 0 aliphatic carbocycles. The monoisotopic (exact) mass is 231 g/mol. The summed E-state index contributed by atoms with van der Waals surface area (Å²) >= 11 is 0. The van der Waals surface area contributed by atoms with Gasteiger partial charge in [-0.25, -0.2) is 0 Å². The van der Waals surface area contributed by atoms with E-state index in [0.29, 0.717) is 19.3 Å². The Kier molecular flexibility index (Phi) is 8.52. The van der Waals surface area contributed by atoms with E-state index in [-0.39, 0.29) is 12.6 Å². The maximum Gasteiger partial charge on any atom is 0.320 e. The lowest BCUT2D eigenvalue weighted by molar-refractivity contribution is -0.143. The first-order chi connectivity index (χ1) is 7.57. The van der Waals surface area contributed by atoms with Gasteiger partial charge >= 0.3 is 11.9 Å². The van der Waals surface area contributed by atoms with Crippen molar-refractivity contribution in [3.63, 3.8) is 0 Å². The number of hydrogen-bond donors (Lipinski definition) is 2. The highest BCUT2D eigenvalue weighted by atomic mass is 16.5. The van der Waals surface area contributed by atoms with Crippen molar-refractivity contribution < 1.29 is 19.4 Å². The third-order valence-corrected chi connectivity index (χ3v) is 2.22. The fourth-order valence-electron chi connectivity index (χ4n) is 1.20. The molecule has 0 radical (unpaired) electrons. The molecule has 0 aromatic rings. The van der Waals surface area contributed by atoms with Gasteiger partial charge in [-0.15, -0.1) is 0 Å². The second-order valence-corrected chi connectivity index (χ2v) is 3.76. The first kappa shape index (κ1) is 14.9. The van der Waals surface area contributed by atoms with E-state index >= 15 is 0 Å². The summed E-state index contributed by atoms with van der Waals surface area (Å²) in [6.45, 7) is 2.32. The Balaban J connectivity index is 3.37. The molecule has 16 heavy (non-hydrogen) atoms. The number of unbranched alkanes of at least 4 members (excludes halogenated alkanes) is 2. The molecule has 0 aromatic heterocycles. The lowest BCUT2D eigenvalue weighted by Gasteiger charge is -2.07. The van der Waals surface area contributed by atoms with Crippen molar-refractivity contribution in [2.24, 2.45) is 5.73 Å². The largest absolute Gasteiger partial charge is 0.480 e. The van der Waals surface area contributed by atoms with E-state index in [1.165, 1.54) is 0 Å². The van der Waals surface area contributed by atoms with Crippen LogP contribution in [0.2, 0.25) is 0 Å². The molecule has 5 heteroatoms. The van der Waals surface area contributed by atoms with Crippen LogP contribution in [0, 0.1) is 0 Å². The van der Waals surface area contributed by atoms with Crippen LogP contribution < -0.4 is 5.73 Å². The average molecular weight is 231 g/mol. The Bertz CT molecular complexity index is 218. The zero-order chi connectivity index (χ0) is 12.4. The summed E-state index contributed by atoms with van der Waals surface area (Å²) < 4.78 is 4.93. The minimum absolute atomic E-state index is 0.211. The van der Waals surface area contributed by atoms with Gasteiger partial charge in [0.2, 0.25) is 0 Å². The van der Waals surface area contributed by atoms with Crippen molar-refractivity contribution in [3.8, 4) is 0 Å². The number of esters is 1.